The maximum Gasteiger partial charge on any atom is 0.228 e. The molecule has 0 aromatic carbocycles. The minimum atomic E-state index is -1.24. The third-order valence-corrected chi connectivity index (χ3v) is 16.1. The van der Waals surface area contributed by atoms with Gasteiger partial charge in [0.15, 0.2) is 6.29 Å². The molecule has 0 radical (unpaired) electrons. The number of ether oxygens (including phenoxy) is 3. The Morgan fingerprint density at radius 3 is 2.27 bits per heavy atom. The molecule has 8 nitrogen and oxygen atoms in total. The van der Waals surface area contributed by atoms with Gasteiger partial charge in [-0.15, -0.1) is 0 Å². The molecular weight excluding hydrogens is 606 g/mol. The van der Waals surface area contributed by atoms with Gasteiger partial charge in [0.25, 0.3) is 0 Å². The first kappa shape index (κ1) is 37.0. The van der Waals surface area contributed by atoms with E-state index in [1.807, 2.05) is 25.7 Å². The maximum atomic E-state index is 13.1. The van der Waals surface area contributed by atoms with Crippen LogP contribution in [0.15, 0.2) is 0 Å². The Kier molecular flexibility index (Phi) is 9.16. The molecule has 1 amide bonds. The number of nitrogens with zero attached hydrogens (tertiary/aromatic N) is 1. The van der Waals surface area contributed by atoms with Gasteiger partial charge in [0.05, 0.1) is 37.1 Å². The van der Waals surface area contributed by atoms with Crippen molar-refractivity contribution in [1.82, 2.24) is 4.90 Å². The van der Waals surface area contributed by atoms with Crippen molar-refractivity contribution in [2.24, 2.45) is 56.2 Å². The summed E-state index contributed by atoms with van der Waals surface area (Å²) >= 11 is 0. The van der Waals surface area contributed by atoms with Crippen molar-refractivity contribution in [3.8, 4) is 0 Å². The normalized spacial score (nSPS) is 45.7. The summed E-state index contributed by atoms with van der Waals surface area (Å²) in [7, 11) is 1.63. The molecule has 0 aromatic heterocycles. The van der Waals surface area contributed by atoms with Gasteiger partial charge >= 0.3 is 0 Å². The highest BCUT2D eigenvalue weighted by atomic mass is 16.7. The summed E-state index contributed by atoms with van der Waals surface area (Å²) in [5, 5.41) is 33.6. The lowest BCUT2D eigenvalue weighted by molar-refractivity contribution is -0.248. The van der Waals surface area contributed by atoms with Crippen LogP contribution >= 0.6 is 0 Å². The van der Waals surface area contributed by atoms with Crippen LogP contribution in [0.1, 0.15) is 127 Å². The van der Waals surface area contributed by atoms with Crippen LogP contribution in [0.25, 0.3) is 0 Å². The number of carbonyl (C=O) groups is 1. The van der Waals surface area contributed by atoms with Crippen molar-refractivity contribution < 1.29 is 34.3 Å². The topological polar surface area (TPSA) is 109 Å². The van der Waals surface area contributed by atoms with E-state index in [0.29, 0.717) is 49.3 Å². The van der Waals surface area contributed by atoms with Crippen LogP contribution in [0.2, 0.25) is 0 Å². The van der Waals surface area contributed by atoms with Crippen LogP contribution in [0.4, 0.5) is 0 Å². The Labute approximate surface area is 291 Å². The highest BCUT2D eigenvalue weighted by Gasteiger charge is 2.83. The van der Waals surface area contributed by atoms with E-state index in [2.05, 4.69) is 34.6 Å². The predicted molar refractivity (Wildman–Crippen MR) is 186 cm³/mol. The quantitative estimate of drug-likeness (QED) is 0.282. The summed E-state index contributed by atoms with van der Waals surface area (Å²) in [6.07, 6.45) is 7.55. The number of methoxy groups -OCH3 is 1. The number of amides is 1. The van der Waals surface area contributed by atoms with E-state index >= 15 is 0 Å². The van der Waals surface area contributed by atoms with E-state index in [0.717, 1.165) is 25.7 Å². The van der Waals surface area contributed by atoms with Crippen LogP contribution in [0, 0.1) is 56.2 Å². The molecule has 7 unspecified atom stereocenters. The number of aliphatic hydroxyl groups is 3. The lowest BCUT2D eigenvalue weighted by Gasteiger charge is -2.64. The Morgan fingerprint density at radius 2 is 1.65 bits per heavy atom. The molecule has 48 heavy (non-hydrogen) atoms. The number of carbonyl (C=O) groups excluding carboxylic acids is 1. The second-order valence-corrected chi connectivity index (χ2v) is 20.1. The van der Waals surface area contributed by atoms with Crippen molar-refractivity contribution in [2.75, 3.05) is 26.8 Å². The molecule has 6 rings (SSSR count). The lowest BCUT2D eigenvalue weighted by Crippen LogP contribution is -2.60. The molecule has 1 aliphatic heterocycles. The van der Waals surface area contributed by atoms with E-state index in [4.69, 9.17) is 14.2 Å². The standard InChI is InChI=1S/C40H69NO7/c1-24(20-26(46-11)32(43)36(7,8)45)25-21-29(42)38(10)28-13-12-27-35(5,6)30(14-15-39(27)23-40(28,39)17-16-37(25,38)9)48-31-22-41(18-19-47-31)33(44)34(2,3)4/h24-32,42-43,45H,12-23H2,1-11H3/t24-,25-,26?,27?,28?,29+,30?,31+,32+,37?,38-,39?,40?/m1/s1. The van der Waals surface area contributed by atoms with Crippen molar-refractivity contribution in [3.63, 3.8) is 0 Å². The minimum absolute atomic E-state index is 0.000852. The molecule has 276 valence electrons. The number of fused-ring (bicyclic) bond motifs is 2. The van der Waals surface area contributed by atoms with Gasteiger partial charge in [-0.2, -0.15) is 0 Å². The van der Waals surface area contributed by atoms with Gasteiger partial charge in [0.1, 0.15) is 6.10 Å². The average Bonchev–Trinajstić information content (AvgIpc) is 3.62. The van der Waals surface area contributed by atoms with Gasteiger partial charge in [0, 0.05) is 24.5 Å². The highest BCUT2D eigenvalue weighted by molar-refractivity contribution is 5.81. The van der Waals surface area contributed by atoms with Gasteiger partial charge in [-0.3, -0.25) is 4.79 Å². The molecule has 1 saturated heterocycles. The number of rotatable bonds is 8. The molecule has 5 saturated carbocycles. The summed E-state index contributed by atoms with van der Waals surface area (Å²) in [6.45, 7) is 22.9. The monoisotopic (exact) mass is 676 g/mol. The molecule has 1 heterocycles. The smallest absolute Gasteiger partial charge is 0.228 e. The second kappa shape index (κ2) is 11.9. The Balaban J connectivity index is 1.18. The first-order valence-electron chi connectivity index (χ1n) is 19.3. The van der Waals surface area contributed by atoms with Crippen molar-refractivity contribution >= 4 is 5.91 Å². The van der Waals surface area contributed by atoms with E-state index in [1.165, 1.54) is 25.7 Å². The van der Waals surface area contributed by atoms with Crippen LogP contribution in [0.5, 0.6) is 0 Å². The zero-order chi connectivity index (χ0) is 35.5. The van der Waals surface area contributed by atoms with Gasteiger partial charge in [-0.05, 0) is 117 Å². The minimum Gasteiger partial charge on any atom is -0.393 e. The largest absolute Gasteiger partial charge is 0.393 e. The van der Waals surface area contributed by atoms with Crippen molar-refractivity contribution in [2.45, 2.75) is 163 Å². The molecule has 2 spiro atoms. The number of aliphatic hydroxyl groups excluding tert-OH is 2. The van der Waals surface area contributed by atoms with E-state index in [1.54, 1.807) is 21.0 Å². The molecule has 5 aliphatic carbocycles. The Hall–Kier alpha value is -0.770. The van der Waals surface area contributed by atoms with Crippen molar-refractivity contribution in [1.29, 1.82) is 0 Å². The number of hydrogen-bond acceptors (Lipinski definition) is 7. The van der Waals surface area contributed by atoms with Crippen molar-refractivity contribution in [3.05, 3.63) is 0 Å². The lowest BCUT2D eigenvalue weighted by atomic mass is 9.41. The molecule has 0 aromatic rings. The van der Waals surface area contributed by atoms with E-state index in [-0.39, 0.29) is 52.0 Å². The van der Waals surface area contributed by atoms with Crippen LogP contribution in [-0.4, -0.2) is 89.2 Å². The van der Waals surface area contributed by atoms with Crippen LogP contribution in [-0.2, 0) is 19.0 Å². The molecule has 3 N–H and O–H groups in total. The number of morpholine rings is 1. The first-order chi connectivity index (χ1) is 22.1. The summed E-state index contributed by atoms with van der Waals surface area (Å²) in [5.41, 5.74) is -1.22. The van der Waals surface area contributed by atoms with Crippen LogP contribution < -0.4 is 0 Å². The van der Waals surface area contributed by atoms with Gasteiger partial charge in [-0.1, -0.05) is 55.4 Å². The maximum absolute atomic E-state index is 13.1. The fourth-order valence-electron chi connectivity index (χ4n) is 13.4. The summed E-state index contributed by atoms with van der Waals surface area (Å²) in [6, 6.07) is 0. The van der Waals surface area contributed by atoms with Gasteiger partial charge < -0.3 is 34.4 Å². The number of hydrogen-bond donors (Lipinski definition) is 3. The fourth-order valence-corrected chi connectivity index (χ4v) is 13.4. The summed E-state index contributed by atoms with van der Waals surface area (Å²) in [5.74, 6) is 1.81. The molecule has 6 aliphatic rings. The highest BCUT2D eigenvalue weighted by Crippen LogP contribution is 2.89. The average molecular weight is 676 g/mol. The molecule has 6 fully saturated rings. The predicted octanol–water partition coefficient (Wildman–Crippen LogP) is 6.19. The summed E-state index contributed by atoms with van der Waals surface area (Å²) in [4.78, 5) is 15.0. The van der Waals surface area contributed by atoms with Crippen LogP contribution in [0.3, 0.4) is 0 Å². The first-order valence-corrected chi connectivity index (χ1v) is 19.3. The summed E-state index contributed by atoms with van der Waals surface area (Å²) < 4.78 is 18.7. The zero-order valence-corrected chi connectivity index (χ0v) is 32.1. The van der Waals surface area contributed by atoms with E-state index < -0.39 is 23.2 Å². The zero-order valence-electron chi connectivity index (χ0n) is 32.1. The van der Waals surface area contributed by atoms with E-state index in [9.17, 15) is 20.1 Å². The van der Waals surface area contributed by atoms with Gasteiger partial charge in [0.2, 0.25) is 5.91 Å². The Bertz CT molecular complexity index is 1220. The Morgan fingerprint density at radius 1 is 1.00 bits per heavy atom. The van der Waals surface area contributed by atoms with Gasteiger partial charge in [-0.25, -0.2) is 0 Å². The molecule has 0 bridgehead atoms. The third-order valence-electron chi connectivity index (χ3n) is 16.1. The third kappa shape index (κ3) is 5.30. The second-order valence-electron chi connectivity index (χ2n) is 20.1. The molecule has 13 atom stereocenters. The fraction of sp³-hybridized carbons (Fsp3) is 0.975. The molecule has 8 heteroatoms. The molecular formula is C40H69NO7. The SMILES string of the molecule is COC(C[C@@H](C)[C@H]1C[C@H](O)[C@@]2(C)C3CCC4C(C)(C)C(O[C@H]5CN(C(=O)C(C)(C)C)CCO5)CCC45CC35CCC12C)[C@H](O)C(C)(C)O.